The van der Waals surface area contributed by atoms with E-state index in [1.54, 1.807) is 78.9 Å². The third-order valence-corrected chi connectivity index (χ3v) is 5.44. The number of amides is 2. The van der Waals surface area contributed by atoms with Crippen LogP contribution in [0.3, 0.4) is 0 Å². The van der Waals surface area contributed by atoms with Crippen molar-refractivity contribution in [3.63, 3.8) is 0 Å². The molecule has 0 spiro atoms. The van der Waals surface area contributed by atoms with Crippen molar-refractivity contribution in [2.75, 3.05) is 13.1 Å². The lowest BCUT2D eigenvalue weighted by Crippen LogP contribution is -2.39. The number of nitrogens with one attached hydrogen (secondary N) is 2. The molecule has 0 aromatic heterocycles. The fraction of sp³-hybridized carbons (Fsp3) is 0.120. The average Bonchev–Trinajstić information content (AvgIpc) is 2.85. The van der Waals surface area contributed by atoms with Crippen molar-refractivity contribution < 1.29 is 23.9 Å². The second-order valence-electron chi connectivity index (χ2n) is 7.12. The van der Waals surface area contributed by atoms with Gasteiger partial charge in [0.05, 0.1) is 6.54 Å². The van der Waals surface area contributed by atoms with E-state index in [1.807, 2.05) is 0 Å². The fourth-order valence-electron chi connectivity index (χ4n) is 2.93. The van der Waals surface area contributed by atoms with Crippen LogP contribution in [-0.4, -0.2) is 36.7 Å². The first-order valence-corrected chi connectivity index (χ1v) is 11.4. The molecule has 174 valence electrons. The predicted molar refractivity (Wildman–Crippen MR) is 131 cm³/mol. The summed E-state index contributed by atoms with van der Waals surface area (Å²) >= 11 is 9.21. The summed E-state index contributed by atoms with van der Waals surface area (Å²) in [6, 6.07) is 21.4. The molecular weight excluding hydrogens is 524 g/mol. The van der Waals surface area contributed by atoms with E-state index in [1.165, 1.54) is 0 Å². The Hall–Kier alpha value is -3.49. The molecule has 0 aliphatic rings. The van der Waals surface area contributed by atoms with Crippen LogP contribution in [0.5, 0.6) is 0 Å². The van der Waals surface area contributed by atoms with Gasteiger partial charge in [-0.1, -0.05) is 70.0 Å². The van der Waals surface area contributed by atoms with Gasteiger partial charge >= 0.3 is 5.97 Å². The molecule has 0 radical (unpaired) electrons. The molecule has 1 unspecified atom stereocenters. The molecule has 0 fully saturated rings. The second kappa shape index (κ2) is 12.1. The number of ether oxygens (including phenoxy) is 1. The van der Waals surface area contributed by atoms with Crippen LogP contribution in [0.4, 0.5) is 0 Å². The molecule has 3 aromatic rings. The maximum Gasteiger partial charge on any atom is 0.326 e. The van der Waals surface area contributed by atoms with E-state index in [0.717, 1.165) is 4.47 Å². The zero-order valence-corrected chi connectivity index (χ0v) is 20.1. The molecule has 1 atom stereocenters. The maximum atomic E-state index is 13.0. The topological polar surface area (TPSA) is 102 Å². The quantitative estimate of drug-likeness (QED) is 0.312. The number of ketones is 1. The first kappa shape index (κ1) is 25.1. The van der Waals surface area contributed by atoms with Crippen LogP contribution in [0.15, 0.2) is 83.3 Å². The van der Waals surface area contributed by atoms with Crippen molar-refractivity contribution >= 4 is 51.1 Å². The number of hydrogen-bond acceptors (Lipinski definition) is 5. The highest BCUT2D eigenvalue weighted by atomic mass is 79.9. The van der Waals surface area contributed by atoms with E-state index in [0.29, 0.717) is 21.7 Å². The third kappa shape index (κ3) is 7.26. The normalized spacial score (nSPS) is 11.2. The third-order valence-electron chi connectivity index (χ3n) is 4.66. The van der Waals surface area contributed by atoms with Crippen molar-refractivity contribution in [3.05, 3.63) is 105 Å². The number of carbonyl (C=O) groups excluding carboxylic acids is 4. The van der Waals surface area contributed by atoms with Gasteiger partial charge in [-0.3, -0.25) is 19.2 Å². The summed E-state index contributed by atoms with van der Waals surface area (Å²) in [4.78, 5) is 49.6. The Morgan fingerprint density at radius 1 is 0.794 bits per heavy atom. The lowest BCUT2D eigenvalue weighted by atomic mass is 10.00. The van der Waals surface area contributed by atoms with Gasteiger partial charge in [0.25, 0.3) is 5.91 Å². The van der Waals surface area contributed by atoms with Crippen molar-refractivity contribution in [2.45, 2.75) is 6.10 Å². The van der Waals surface area contributed by atoms with Crippen molar-refractivity contribution in [3.8, 4) is 0 Å². The number of esters is 1. The summed E-state index contributed by atoms with van der Waals surface area (Å²) in [6.45, 7) is -0.801. The zero-order chi connectivity index (χ0) is 24.5. The number of benzene rings is 3. The van der Waals surface area contributed by atoms with E-state index in [9.17, 15) is 19.2 Å². The zero-order valence-electron chi connectivity index (χ0n) is 17.8. The Morgan fingerprint density at radius 2 is 1.44 bits per heavy atom. The van der Waals surface area contributed by atoms with Crippen molar-refractivity contribution in [1.29, 1.82) is 0 Å². The van der Waals surface area contributed by atoms with Crippen LogP contribution in [-0.2, 0) is 14.3 Å². The number of Topliss-reactive ketones (excluding diaryl/α,β-unsaturated/α-hetero) is 1. The van der Waals surface area contributed by atoms with Gasteiger partial charge in [-0.2, -0.15) is 0 Å². The smallest absolute Gasteiger partial charge is 0.326 e. The largest absolute Gasteiger partial charge is 0.448 e. The van der Waals surface area contributed by atoms with Gasteiger partial charge in [0.2, 0.25) is 11.7 Å². The number of rotatable bonds is 9. The van der Waals surface area contributed by atoms with Crippen LogP contribution in [0.2, 0.25) is 5.02 Å². The van der Waals surface area contributed by atoms with Gasteiger partial charge in [0, 0.05) is 26.2 Å². The molecule has 0 aliphatic carbocycles. The minimum Gasteiger partial charge on any atom is -0.448 e. The molecule has 34 heavy (non-hydrogen) atoms. The van der Waals surface area contributed by atoms with Crippen LogP contribution < -0.4 is 10.6 Å². The van der Waals surface area contributed by atoms with Gasteiger partial charge in [0.15, 0.2) is 6.10 Å². The van der Waals surface area contributed by atoms with Crippen LogP contribution in [0, 0.1) is 0 Å². The molecule has 9 heteroatoms. The van der Waals surface area contributed by atoms with Crippen molar-refractivity contribution in [2.24, 2.45) is 0 Å². The molecule has 2 amide bonds. The Labute approximate surface area is 209 Å². The summed E-state index contributed by atoms with van der Waals surface area (Å²) in [5.74, 6) is -2.23. The first-order chi connectivity index (χ1) is 16.3. The van der Waals surface area contributed by atoms with E-state index >= 15 is 0 Å². The molecule has 7 nitrogen and oxygen atoms in total. The lowest BCUT2D eigenvalue weighted by molar-refractivity contribution is -0.147. The van der Waals surface area contributed by atoms with E-state index in [-0.39, 0.29) is 6.54 Å². The number of halogens is 2. The summed E-state index contributed by atoms with van der Waals surface area (Å²) < 4.78 is 6.23. The highest BCUT2D eigenvalue weighted by Crippen LogP contribution is 2.24. The molecule has 0 aliphatic heterocycles. The highest BCUT2D eigenvalue weighted by Gasteiger charge is 2.26. The van der Waals surface area contributed by atoms with Gasteiger partial charge in [0.1, 0.15) is 6.54 Å². The van der Waals surface area contributed by atoms with Gasteiger partial charge in [-0.05, 0) is 36.4 Å². The molecular formula is C25H20BrClN2O5. The molecule has 0 saturated carbocycles. The SMILES string of the molecule is O=C(CNC(=O)c1ccc(Br)cc1)NCC(=O)OC(C(=O)c1ccccc1)c1ccc(Cl)cc1. The molecule has 0 bridgehead atoms. The Morgan fingerprint density at radius 3 is 2.09 bits per heavy atom. The Kier molecular flexibility index (Phi) is 8.95. The fourth-order valence-corrected chi connectivity index (χ4v) is 3.32. The molecule has 0 saturated heterocycles. The molecule has 2 N–H and O–H groups in total. The Bertz CT molecular complexity index is 1170. The monoisotopic (exact) mass is 542 g/mol. The first-order valence-electron chi connectivity index (χ1n) is 10.2. The van der Waals surface area contributed by atoms with Crippen LogP contribution in [0.1, 0.15) is 32.4 Å². The average molecular weight is 544 g/mol. The van der Waals surface area contributed by atoms with Crippen LogP contribution >= 0.6 is 27.5 Å². The summed E-state index contributed by atoms with van der Waals surface area (Å²) in [5.41, 5.74) is 1.20. The van der Waals surface area contributed by atoms with Crippen molar-refractivity contribution in [1.82, 2.24) is 10.6 Å². The lowest BCUT2D eigenvalue weighted by Gasteiger charge is -2.18. The minimum atomic E-state index is -1.21. The summed E-state index contributed by atoms with van der Waals surface area (Å²) in [6.07, 6.45) is -1.21. The van der Waals surface area contributed by atoms with Gasteiger partial charge in [-0.15, -0.1) is 0 Å². The summed E-state index contributed by atoms with van der Waals surface area (Å²) in [5, 5.41) is 5.31. The van der Waals surface area contributed by atoms with E-state index < -0.39 is 36.2 Å². The number of hydrogen-bond donors (Lipinski definition) is 2. The highest BCUT2D eigenvalue weighted by molar-refractivity contribution is 9.10. The Balaban J connectivity index is 1.57. The van der Waals surface area contributed by atoms with Gasteiger partial charge in [-0.25, -0.2) is 0 Å². The predicted octanol–water partition coefficient (Wildman–Crippen LogP) is 4.12. The second-order valence-corrected chi connectivity index (χ2v) is 8.47. The molecule has 3 aromatic carbocycles. The minimum absolute atomic E-state index is 0.328. The molecule has 3 rings (SSSR count). The molecule has 0 heterocycles. The standard InChI is InChI=1S/C25H20BrClN2O5/c26-19-10-6-18(7-11-19)25(33)29-14-21(30)28-15-22(31)34-24(17-8-12-20(27)13-9-17)23(32)16-4-2-1-3-5-16/h1-13,24H,14-15H2,(H,28,30)(H,29,33). The van der Waals surface area contributed by atoms with E-state index in [4.69, 9.17) is 16.3 Å². The number of carbonyl (C=O) groups is 4. The van der Waals surface area contributed by atoms with E-state index in [2.05, 4.69) is 26.6 Å². The summed E-state index contributed by atoms with van der Waals surface area (Å²) in [7, 11) is 0. The maximum absolute atomic E-state index is 13.0. The van der Waals surface area contributed by atoms with Crippen LogP contribution in [0.25, 0.3) is 0 Å². The van der Waals surface area contributed by atoms with Gasteiger partial charge < -0.3 is 15.4 Å².